The normalized spacial score (nSPS) is 13.4. The van der Waals surface area contributed by atoms with Crippen molar-refractivity contribution in [3.8, 4) is 0 Å². The van der Waals surface area contributed by atoms with Gasteiger partial charge in [0.2, 0.25) is 5.91 Å². The third kappa shape index (κ3) is 46.4. The number of aliphatic hydroxyl groups is 2. The summed E-state index contributed by atoms with van der Waals surface area (Å²) in [5.74, 6) is -0.499. The van der Waals surface area contributed by atoms with Gasteiger partial charge in [-0.05, 0) is 57.8 Å². The molecule has 3 atom stereocenters. The number of rotatable bonds is 50. The maximum atomic E-state index is 13.2. The molecule has 0 aromatic carbocycles. The molecule has 0 heterocycles. The quantitative estimate of drug-likeness (QED) is 0.0321. The summed E-state index contributed by atoms with van der Waals surface area (Å²) in [6, 6.07) is -0.711. The van der Waals surface area contributed by atoms with Crippen LogP contribution in [0.2, 0.25) is 0 Å². The molecule has 63 heavy (non-hydrogen) atoms. The van der Waals surface area contributed by atoms with E-state index in [-0.39, 0.29) is 24.9 Å². The highest BCUT2D eigenvalue weighted by Crippen LogP contribution is 2.18. The first-order chi connectivity index (χ1) is 31.0. The number of amides is 1. The molecular weight excluding hydrogens is 779 g/mol. The Morgan fingerprint density at radius 3 is 1.29 bits per heavy atom. The van der Waals surface area contributed by atoms with Crippen molar-refractivity contribution in [1.29, 1.82) is 0 Å². The largest absolute Gasteiger partial charge is 0.462 e. The summed E-state index contributed by atoms with van der Waals surface area (Å²) in [4.78, 5) is 26.2. The van der Waals surface area contributed by atoms with Gasteiger partial charge in [-0.1, -0.05) is 256 Å². The number of unbranched alkanes of at least 4 members (excludes halogenated alkanes) is 32. The fourth-order valence-corrected chi connectivity index (χ4v) is 8.56. The third-order valence-electron chi connectivity index (χ3n) is 12.7. The van der Waals surface area contributed by atoms with Crippen molar-refractivity contribution in [2.75, 3.05) is 6.61 Å². The second-order valence-corrected chi connectivity index (χ2v) is 19.0. The van der Waals surface area contributed by atoms with E-state index in [0.29, 0.717) is 19.3 Å². The van der Waals surface area contributed by atoms with Crippen molar-refractivity contribution in [1.82, 2.24) is 5.32 Å². The molecule has 0 aliphatic rings. The van der Waals surface area contributed by atoms with Crippen molar-refractivity contribution in [2.24, 2.45) is 0 Å². The molecule has 0 saturated carbocycles. The van der Waals surface area contributed by atoms with Gasteiger partial charge in [0.1, 0.15) is 6.10 Å². The minimum Gasteiger partial charge on any atom is -0.462 e. The molecule has 0 rings (SSSR count). The van der Waals surface area contributed by atoms with Crippen molar-refractivity contribution in [3.63, 3.8) is 0 Å². The molecule has 0 saturated heterocycles. The van der Waals surface area contributed by atoms with Gasteiger partial charge >= 0.3 is 5.97 Å². The highest BCUT2D eigenvalue weighted by Gasteiger charge is 2.24. The predicted octanol–water partition coefficient (Wildman–Crippen LogP) is 16.8. The number of carbonyl (C=O) groups is 2. The zero-order valence-corrected chi connectivity index (χ0v) is 42.2. The molecule has 0 aliphatic heterocycles. The zero-order valence-electron chi connectivity index (χ0n) is 42.2. The van der Waals surface area contributed by atoms with Gasteiger partial charge in [0, 0.05) is 6.42 Å². The van der Waals surface area contributed by atoms with Crippen molar-refractivity contribution in [2.45, 2.75) is 309 Å². The van der Waals surface area contributed by atoms with Crippen LogP contribution in [0.1, 0.15) is 290 Å². The van der Waals surface area contributed by atoms with Gasteiger partial charge in [0.05, 0.1) is 25.2 Å². The molecule has 6 nitrogen and oxygen atoms in total. The average Bonchev–Trinajstić information content (AvgIpc) is 3.28. The van der Waals surface area contributed by atoms with Gasteiger partial charge < -0.3 is 20.3 Å². The fraction of sp³-hybridized carbons (Fsp3) is 0.860. The standard InChI is InChI=1S/C57H107NO5/c1-4-7-10-13-16-19-22-25-27-28-30-31-34-37-40-43-46-49-55(60)54(52-59)58-56(61)51-53(48-45-42-39-36-33-24-21-18-15-12-9-6-3)63-57(62)50-47-44-41-38-35-32-29-26-23-20-17-14-11-8-5-2/h9,12,18,21,33,36,53-55,59-60H,4-8,10-11,13-17,19-20,22-32,34-35,37-52H2,1-3H3,(H,58,61)/b12-9+,21-18+,36-33+. The van der Waals surface area contributed by atoms with Crippen molar-refractivity contribution >= 4 is 11.9 Å². The molecule has 1 amide bonds. The van der Waals surface area contributed by atoms with Crippen molar-refractivity contribution in [3.05, 3.63) is 36.5 Å². The third-order valence-corrected chi connectivity index (χ3v) is 12.7. The first-order valence-corrected chi connectivity index (χ1v) is 27.7. The van der Waals surface area contributed by atoms with Crippen LogP contribution in [0.15, 0.2) is 36.5 Å². The minimum atomic E-state index is -0.796. The van der Waals surface area contributed by atoms with Crippen LogP contribution in [0, 0.1) is 0 Å². The summed E-state index contributed by atoms with van der Waals surface area (Å²) in [5, 5.41) is 23.8. The van der Waals surface area contributed by atoms with Crippen LogP contribution in [0.5, 0.6) is 0 Å². The van der Waals surface area contributed by atoms with E-state index in [0.717, 1.165) is 77.0 Å². The Morgan fingerprint density at radius 1 is 0.476 bits per heavy atom. The molecule has 3 unspecified atom stereocenters. The Labute approximate surface area is 392 Å². The SMILES string of the molecule is CC/C=C/C/C=C/C/C=C/CCCCC(CC(=O)NC(CO)C(O)CCCCCCCCCCCCCCCCCCC)OC(=O)CCCCCCCCCCCCCCCCC. The highest BCUT2D eigenvalue weighted by molar-refractivity contribution is 5.77. The maximum absolute atomic E-state index is 13.2. The first kappa shape index (κ1) is 61.1. The van der Waals surface area contributed by atoms with Crippen LogP contribution in [-0.4, -0.2) is 46.9 Å². The topological polar surface area (TPSA) is 95.9 Å². The molecule has 0 spiro atoms. The van der Waals surface area contributed by atoms with E-state index in [9.17, 15) is 19.8 Å². The Morgan fingerprint density at radius 2 is 0.857 bits per heavy atom. The summed E-state index contributed by atoms with van der Waals surface area (Å²) in [6.07, 6.45) is 60.7. The van der Waals surface area contributed by atoms with E-state index in [4.69, 9.17) is 4.74 Å². The number of aliphatic hydroxyl groups excluding tert-OH is 2. The molecule has 0 aliphatic carbocycles. The Hall–Kier alpha value is -1.92. The lowest BCUT2D eigenvalue weighted by molar-refractivity contribution is -0.151. The fourth-order valence-electron chi connectivity index (χ4n) is 8.56. The van der Waals surface area contributed by atoms with Crippen LogP contribution in [0.25, 0.3) is 0 Å². The van der Waals surface area contributed by atoms with Crippen LogP contribution in [0.3, 0.4) is 0 Å². The Balaban J connectivity index is 4.50. The first-order valence-electron chi connectivity index (χ1n) is 27.7. The monoisotopic (exact) mass is 886 g/mol. The van der Waals surface area contributed by atoms with E-state index < -0.39 is 18.2 Å². The summed E-state index contributed by atoms with van der Waals surface area (Å²) < 4.78 is 5.93. The van der Waals surface area contributed by atoms with Crippen LogP contribution in [-0.2, 0) is 14.3 Å². The van der Waals surface area contributed by atoms with E-state index in [2.05, 4.69) is 62.5 Å². The number of esters is 1. The van der Waals surface area contributed by atoms with Gasteiger partial charge in [-0.3, -0.25) is 9.59 Å². The van der Waals surface area contributed by atoms with Gasteiger partial charge in [-0.25, -0.2) is 0 Å². The summed E-state index contributed by atoms with van der Waals surface area (Å²) in [7, 11) is 0. The zero-order chi connectivity index (χ0) is 45.9. The van der Waals surface area contributed by atoms with Crippen LogP contribution >= 0.6 is 0 Å². The van der Waals surface area contributed by atoms with Crippen molar-refractivity contribution < 1.29 is 24.5 Å². The number of allylic oxidation sites excluding steroid dienone is 6. The van der Waals surface area contributed by atoms with E-state index in [1.165, 1.54) is 167 Å². The summed E-state index contributed by atoms with van der Waals surface area (Å²) >= 11 is 0. The maximum Gasteiger partial charge on any atom is 0.306 e. The summed E-state index contributed by atoms with van der Waals surface area (Å²) in [6.45, 7) is 6.39. The Bertz CT molecular complexity index is 1040. The number of ether oxygens (including phenoxy) is 1. The Kier molecular flexibility index (Phi) is 49.5. The number of hydrogen-bond donors (Lipinski definition) is 3. The number of nitrogens with one attached hydrogen (secondary N) is 1. The van der Waals surface area contributed by atoms with Gasteiger partial charge in [-0.15, -0.1) is 0 Å². The van der Waals surface area contributed by atoms with E-state index >= 15 is 0 Å². The van der Waals surface area contributed by atoms with Gasteiger partial charge in [0.15, 0.2) is 0 Å². The molecule has 370 valence electrons. The molecular formula is C57H107NO5. The lowest BCUT2D eigenvalue weighted by Crippen LogP contribution is -2.46. The smallest absolute Gasteiger partial charge is 0.306 e. The average molecular weight is 886 g/mol. The molecule has 0 bridgehead atoms. The lowest BCUT2D eigenvalue weighted by atomic mass is 10.0. The van der Waals surface area contributed by atoms with Gasteiger partial charge in [-0.2, -0.15) is 0 Å². The van der Waals surface area contributed by atoms with Crippen LogP contribution in [0.4, 0.5) is 0 Å². The van der Waals surface area contributed by atoms with Crippen LogP contribution < -0.4 is 5.32 Å². The molecule has 0 aromatic heterocycles. The predicted molar refractivity (Wildman–Crippen MR) is 273 cm³/mol. The second-order valence-electron chi connectivity index (χ2n) is 19.0. The highest BCUT2D eigenvalue weighted by atomic mass is 16.5. The molecule has 3 N–H and O–H groups in total. The summed E-state index contributed by atoms with van der Waals surface area (Å²) in [5.41, 5.74) is 0. The molecule has 0 fully saturated rings. The minimum absolute atomic E-state index is 0.0556. The lowest BCUT2D eigenvalue weighted by Gasteiger charge is -2.24. The van der Waals surface area contributed by atoms with E-state index in [1.807, 2.05) is 0 Å². The number of hydrogen-bond acceptors (Lipinski definition) is 5. The number of carbonyl (C=O) groups excluding carboxylic acids is 2. The molecule has 0 aromatic rings. The van der Waals surface area contributed by atoms with Gasteiger partial charge in [0.25, 0.3) is 0 Å². The second kappa shape index (κ2) is 51.1. The van der Waals surface area contributed by atoms with E-state index in [1.54, 1.807) is 0 Å². The molecule has 6 heteroatoms. The molecule has 0 radical (unpaired) electrons.